The van der Waals surface area contributed by atoms with E-state index in [0.717, 1.165) is 13.0 Å². The SMILES string of the molecule is CCc1ccc(N(C)Cc2ccccc2)cc1. The van der Waals surface area contributed by atoms with Crippen LogP contribution in [-0.4, -0.2) is 7.05 Å². The Bertz CT molecular complexity index is 445. The lowest BCUT2D eigenvalue weighted by molar-refractivity contribution is 0.922. The number of nitrogens with zero attached hydrogens (tertiary/aromatic N) is 1. The molecular weight excluding hydrogens is 206 g/mol. The lowest BCUT2D eigenvalue weighted by Gasteiger charge is -2.19. The highest BCUT2D eigenvalue weighted by atomic mass is 15.1. The van der Waals surface area contributed by atoms with Gasteiger partial charge in [-0.3, -0.25) is 0 Å². The van der Waals surface area contributed by atoms with Crippen LogP contribution in [0.1, 0.15) is 18.1 Å². The van der Waals surface area contributed by atoms with Crippen LogP contribution in [0.25, 0.3) is 0 Å². The van der Waals surface area contributed by atoms with Gasteiger partial charge in [-0.25, -0.2) is 0 Å². The first-order valence-corrected chi connectivity index (χ1v) is 6.13. The highest BCUT2D eigenvalue weighted by Crippen LogP contribution is 2.16. The minimum atomic E-state index is 0.951. The molecule has 0 saturated carbocycles. The fourth-order valence-corrected chi connectivity index (χ4v) is 1.93. The highest BCUT2D eigenvalue weighted by molar-refractivity contribution is 5.47. The second kappa shape index (κ2) is 5.53. The predicted molar refractivity (Wildman–Crippen MR) is 74.4 cm³/mol. The Morgan fingerprint density at radius 1 is 0.824 bits per heavy atom. The van der Waals surface area contributed by atoms with Crippen LogP contribution in [0.5, 0.6) is 0 Å². The van der Waals surface area contributed by atoms with Crippen LogP contribution in [0.15, 0.2) is 54.6 Å². The summed E-state index contributed by atoms with van der Waals surface area (Å²) in [7, 11) is 2.13. The molecule has 0 N–H and O–H groups in total. The first-order valence-electron chi connectivity index (χ1n) is 6.13. The summed E-state index contributed by atoms with van der Waals surface area (Å²) in [6.07, 6.45) is 1.10. The summed E-state index contributed by atoms with van der Waals surface area (Å²) >= 11 is 0. The van der Waals surface area contributed by atoms with E-state index in [0.29, 0.717) is 0 Å². The minimum Gasteiger partial charge on any atom is -0.370 e. The minimum absolute atomic E-state index is 0.951. The zero-order valence-corrected chi connectivity index (χ0v) is 10.6. The van der Waals surface area contributed by atoms with Gasteiger partial charge in [-0.15, -0.1) is 0 Å². The predicted octanol–water partition coefficient (Wildman–Crippen LogP) is 3.89. The van der Waals surface area contributed by atoms with E-state index in [1.807, 2.05) is 0 Å². The maximum Gasteiger partial charge on any atom is 0.0426 e. The summed E-state index contributed by atoms with van der Waals surface area (Å²) in [5.41, 5.74) is 4.00. The van der Waals surface area contributed by atoms with E-state index in [2.05, 4.69) is 73.5 Å². The van der Waals surface area contributed by atoms with E-state index in [4.69, 9.17) is 0 Å². The smallest absolute Gasteiger partial charge is 0.0426 e. The van der Waals surface area contributed by atoms with E-state index in [9.17, 15) is 0 Å². The van der Waals surface area contributed by atoms with E-state index in [-0.39, 0.29) is 0 Å². The molecule has 2 aromatic carbocycles. The molecule has 0 bridgehead atoms. The summed E-state index contributed by atoms with van der Waals surface area (Å²) in [6.45, 7) is 3.13. The fourth-order valence-electron chi connectivity index (χ4n) is 1.93. The Labute approximate surface area is 104 Å². The lowest BCUT2D eigenvalue weighted by Crippen LogP contribution is -2.16. The summed E-state index contributed by atoms with van der Waals surface area (Å²) < 4.78 is 0. The van der Waals surface area contributed by atoms with Gasteiger partial charge in [-0.1, -0.05) is 49.4 Å². The molecule has 0 aromatic heterocycles. The molecule has 17 heavy (non-hydrogen) atoms. The van der Waals surface area contributed by atoms with Crippen molar-refractivity contribution in [3.63, 3.8) is 0 Å². The van der Waals surface area contributed by atoms with Gasteiger partial charge < -0.3 is 4.90 Å². The van der Waals surface area contributed by atoms with Crippen molar-refractivity contribution in [2.24, 2.45) is 0 Å². The molecule has 0 aliphatic heterocycles. The van der Waals surface area contributed by atoms with E-state index >= 15 is 0 Å². The van der Waals surface area contributed by atoms with Crippen LogP contribution in [0.4, 0.5) is 5.69 Å². The van der Waals surface area contributed by atoms with Crippen molar-refractivity contribution >= 4 is 5.69 Å². The average Bonchev–Trinajstić information content (AvgIpc) is 2.40. The first kappa shape index (κ1) is 11.7. The molecule has 0 amide bonds. The third kappa shape index (κ3) is 3.10. The molecule has 0 unspecified atom stereocenters. The maximum absolute atomic E-state index is 2.27. The second-order valence-corrected chi connectivity index (χ2v) is 4.36. The van der Waals surface area contributed by atoms with Crippen molar-refractivity contribution in [2.75, 3.05) is 11.9 Å². The summed E-state index contributed by atoms with van der Waals surface area (Å²) in [5, 5.41) is 0. The molecule has 0 radical (unpaired) electrons. The van der Waals surface area contributed by atoms with Gasteiger partial charge in [0, 0.05) is 19.3 Å². The van der Waals surface area contributed by atoms with Gasteiger partial charge in [0.1, 0.15) is 0 Å². The van der Waals surface area contributed by atoms with E-state index in [1.165, 1.54) is 16.8 Å². The van der Waals surface area contributed by atoms with Gasteiger partial charge in [-0.2, -0.15) is 0 Å². The van der Waals surface area contributed by atoms with E-state index < -0.39 is 0 Å². The van der Waals surface area contributed by atoms with Gasteiger partial charge in [0.2, 0.25) is 0 Å². The van der Waals surface area contributed by atoms with Crippen molar-refractivity contribution in [1.29, 1.82) is 0 Å². The van der Waals surface area contributed by atoms with Crippen LogP contribution < -0.4 is 4.90 Å². The molecule has 0 spiro atoms. The molecule has 0 fully saturated rings. The van der Waals surface area contributed by atoms with Gasteiger partial charge in [0.05, 0.1) is 0 Å². The largest absolute Gasteiger partial charge is 0.370 e. The molecule has 0 atom stereocenters. The third-order valence-electron chi connectivity index (χ3n) is 3.05. The number of rotatable bonds is 4. The molecular formula is C16H19N. The van der Waals surface area contributed by atoms with E-state index in [1.54, 1.807) is 0 Å². The van der Waals surface area contributed by atoms with Crippen molar-refractivity contribution in [2.45, 2.75) is 19.9 Å². The van der Waals surface area contributed by atoms with Crippen molar-refractivity contribution in [1.82, 2.24) is 0 Å². The van der Waals surface area contributed by atoms with Gasteiger partial charge >= 0.3 is 0 Å². The van der Waals surface area contributed by atoms with Crippen LogP contribution in [0, 0.1) is 0 Å². The number of anilines is 1. The zero-order chi connectivity index (χ0) is 12.1. The molecule has 1 nitrogen and oxygen atoms in total. The summed E-state index contributed by atoms with van der Waals surface area (Å²) in [5.74, 6) is 0. The highest BCUT2D eigenvalue weighted by Gasteiger charge is 2.01. The summed E-state index contributed by atoms with van der Waals surface area (Å²) in [4.78, 5) is 2.27. The quantitative estimate of drug-likeness (QED) is 0.763. The fraction of sp³-hybridized carbons (Fsp3) is 0.250. The molecule has 1 heteroatoms. The molecule has 2 aromatic rings. The van der Waals surface area contributed by atoms with Crippen molar-refractivity contribution in [3.05, 3.63) is 65.7 Å². The van der Waals surface area contributed by atoms with Crippen LogP contribution in [0.3, 0.4) is 0 Å². The topological polar surface area (TPSA) is 3.24 Å². The van der Waals surface area contributed by atoms with Gasteiger partial charge in [0.25, 0.3) is 0 Å². The summed E-state index contributed by atoms with van der Waals surface area (Å²) in [6, 6.07) is 19.4. The molecule has 2 rings (SSSR count). The Balaban J connectivity index is 2.06. The Kier molecular flexibility index (Phi) is 3.81. The molecule has 0 heterocycles. The van der Waals surface area contributed by atoms with Crippen LogP contribution >= 0.6 is 0 Å². The normalized spacial score (nSPS) is 10.2. The van der Waals surface area contributed by atoms with Crippen molar-refractivity contribution < 1.29 is 0 Å². The molecule has 0 aliphatic carbocycles. The number of benzene rings is 2. The maximum atomic E-state index is 2.27. The lowest BCUT2D eigenvalue weighted by atomic mass is 10.1. The third-order valence-corrected chi connectivity index (χ3v) is 3.05. The Morgan fingerprint density at radius 3 is 2.06 bits per heavy atom. The van der Waals surface area contributed by atoms with Crippen LogP contribution in [0.2, 0.25) is 0 Å². The number of hydrogen-bond donors (Lipinski definition) is 0. The second-order valence-electron chi connectivity index (χ2n) is 4.36. The number of aryl methyl sites for hydroxylation is 1. The van der Waals surface area contributed by atoms with Gasteiger partial charge in [-0.05, 0) is 29.7 Å². The molecule has 88 valence electrons. The Morgan fingerprint density at radius 2 is 1.47 bits per heavy atom. The monoisotopic (exact) mass is 225 g/mol. The first-order chi connectivity index (χ1) is 8.29. The van der Waals surface area contributed by atoms with Gasteiger partial charge in [0.15, 0.2) is 0 Å². The van der Waals surface area contributed by atoms with Crippen LogP contribution in [-0.2, 0) is 13.0 Å². The number of hydrogen-bond acceptors (Lipinski definition) is 1. The Hall–Kier alpha value is -1.76. The molecule has 0 saturated heterocycles. The molecule has 0 aliphatic rings. The van der Waals surface area contributed by atoms with Crippen molar-refractivity contribution in [3.8, 4) is 0 Å². The average molecular weight is 225 g/mol. The zero-order valence-electron chi connectivity index (χ0n) is 10.6. The standard InChI is InChI=1S/C16H19N/c1-3-14-9-11-16(12-10-14)17(2)13-15-7-5-4-6-8-15/h4-12H,3,13H2,1-2H3.